The molecular weight excluding hydrogens is 321 g/mol. The zero-order valence-corrected chi connectivity index (χ0v) is 13.3. The van der Waals surface area contributed by atoms with Crippen LogP contribution in [0.25, 0.3) is 0 Å². The van der Waals surface area contributed by atoms with Gasteiger partial charge in [0.05, 0.1) is 0 Å². The van der Waals surface area contributed by atoms with E-state index in [2.05, 4.69) is 35.7 Å². The number of hydrogen-bond donors (Lipinski definition) is 2. The largest absolute Gasteiger partial charge is 0.356 e. The van der Waals surface area contributed by atoms with Gasteiger partial charge < -0.3 is 10.6 Å². The highest BCUT2D eigenvalue weighted by atomic mass is 127. The van der Waals surface area contributed by atoms with Crippen LogP contribution in [0.4, 0.5) is 0 Å². The van der Waals surface area contributed by atoms with E-state index in [4.69, 9.17) is 0 Å². The Balaban J connectivity index is 0. The lowest BCUT2D eigenvalue weighted by Crippen LogP contribution is -2.40. The van der Waals surface area contributed by atoms with Crippen LogP contribution < -0.4 is 10.6 Å². The molecule has 1 unspecified atom stereocenters. The van der Waals surface area contributed by atoms with Crippen molar-refractivity contribution in [2.24, 2.45) is 4.99 Å². The van der Waals surface area contributed by atoms with Gasteiger partial charge in [0.25, 0.3) is 0 Å². The molecule has 5 heteroatoms. The van der Waals surface area contributed by atoms with Crippen LogP contribution in [-0.4, -0.2) is 37.6 Å². The minimum atomic E-state index is 0. The van der Waals surface area contributed by atoms with E-state index in [1.165, 1.54) is 12.8 Å². The highest BCUT2D eigenvalue weighted by Crippen LogP contribution is 2.01. The Kier molecular flexibility index (Phi) is 14.7. The van der Waals surface area contributed by atoms with Gasteiger partial charge in [0, 0.05) is 25.4 Å². The molecule has 0 aliphatic rings. The van der Waals surface area contributed by atoms with Gasteiger partial charge in [-0.1, -0.05) is 20.3 Å². The first-order valence-corrected chi connectivity index (χ1v) is 6.50. The summed E-state index contributed by atoms with van der Waals surface area (Å²) in [4.78, 5) is 4.15. The van der Waals surface area contributed by atoms with Crippen LogP contribution in [0.3, 0.4) is 0 Å². The highest BCUT2D eigenvalue weighted by molar-refractivity contribution is 14.0. The monoisotopic (exact) mass is 345 g/mol. The van der Waals surface area contributed by atoms with E-state index >= 15 is 0 Å². The molecule has 0 aromatic carbocycles. The average Bonchev–Trinajstić information content (AvgIpc) is 2.22. The van der Waals surface area contributed by atoms with Crippen LogP contribution in [0.2, 0.25) is 0 Å². The topological polar surface area (TPSA) is 36.4 Å². The zero-order valence-electron chi connectivity index (χ0n) is 10.2. The van der Waals surface area contributed by atoms with Gasteiger partial charge in [0.1, 0.15) is 0 Å². The fourth-order valence-corrected chi connectivity index (χ4v) is 1.18. The van der Waals surface area contributed by atoms with Crippen molar-refractivity contribution >= 4 is 41.7 Å². The van der Waals surface area contributed by atoms with Crippen LogP contribution in [0, 0.1) is 0 Å². The Morgan fingerprint density at radius 2 is 2.07 bits per heavy atom. The molecule has 0 spiro atoms. The van der Waals surface area contributed by atoms with E-state index in [9.17, 15) is 0 Å². The summed E-state index contributed by atoms with van der Waals surface area (Å²) in [5.41, 5.74) is 0. The molecule has 1 atom stereocenters. The highest BCUT2D eigenvalue weighted by Gasteiger charge is 2.00. The summed E-state index contributed by atoms with van der Waals surface area (Å²) >= 11 is 1.86. The SMILES string of the molecule is CCCCNC(=NC)NCC(C)SC.I. The lowest BCUT2D eigenvalue weighted by Gasteiger charge is -2.14. The van der Waals surface area contributed by atoms with Crippen LogP contribution >= 0.6 is 35.7 Å². The number of nitrogens with zero attached hydrogens (tertiary/aromatic N) is 1. The summed E-state index contributed by atoms with van der Waals surface area (Å²) < 4.78 is 0. The van der Waals surface area contributed by atoms with Crippen molar-refractivity contribution in [3.8, 4) is 0 Å². The molecule has 0 fully saturated rings. The molecule has 0 bridgehead atoms. The Morgan fingerprint density at radius 3 is 2.53 bits per heavy atom. The summed E-state index contributed by atoms with van der Waals surface area (Å²) in [5.74, 6) is 0.916. The maximum Gasteiger partial charge on any atom is 0.191 e. The number of halogens is 1. The maximum absolute atomic E-state index is 4.15. The van der Waals surface area contributed by atoms with Crippen molar-refractivity contribution in [2.75, 3.05) is 26.4 Å². The molecule has 3 nitrogen and oxygen atoms in total. The normalized spacial score (nSPS) is 12.9. The third kappa shape index (κ3) is 10.6. The number of unbranched alkanes of at least 4 members (excludes halogenated alkanes) is 1. The number of nitrogens with one attached hydrogen (secondary N) is 2. The van der Waals surface area contributed by atoms with Crippen LogP contribution in [-0.2, 0) is 0 Å². The molecule has 2 N–H and O–H groups in total. The van der Waals surface area contributed by atoms with Crippen LogP contribution in [0.15, 0.2) is 4.99 Å². The Labute approximate surface area is 115 Å². The summed E-state index contributed by atoms with van der Waals surface area (Å²) in [7, 11) is 1.81. The molecule has 15 heavy (non-hydrogen) atoms. The summed E-state index contributed by atoms with van der Waals surface area (Å²) in [5, 5.41) is 7.20. The second kappa shape index (κ2) is 12.4. The lowest BCUT2D eigenvalue weighted by molar-refractivity contribution is 0.726. The van der Waals surface area contributed by atoms with Gasteiger partial charge in [-0.15, -0.1) is 24.0 Å². The Hall–Kier alpha value is 0.350. The number of rotatable bonds is 6. The van der Waals surface area contributed by atoms with Crippen molar-refractivity contribution < 1.29 is 0 Å². The van der Waals surface area contributed by atoms with Crippen LogP contribution in [0.5, 0.6) is 0 Å². The smallest absolute Gasteiger partial charge is 0.191 e. The molecule has 92 valence electrons. The minimum Gasteiger partial charge on any atom is -0.356 e. The van der Waals surface area contributed by atoms with Gasteiger partial charge in [-0.25, -0.2) is 0 Å². The van der Waals surface area contributed by atoms with Gasteiger partial charge >= 0.3 is 0 Å². The first-order valence-electron chi connectivity index (χ1n) is 5.21. The van der Waals surface area contributed by atoms with E-state index in [1.54, 1.807) is 0 Å². The average molecular weight is 345 g/mol. The summed E-state index contributed by atoms with van der Waals surface area (Å²) in [6, 6.07) is 0. The van der Waals surface area contributed by atoms with Crippen molar-refractivity contribution in [1.82, 2.24) is 10.6 Å². The molecular formula is C10H24IN3S. The second-order valence-electron chi connectivity index (χ2n) is 3.28. The maximum atomic E-state index is 4.15. The molecule has 0 aromatic heterocycles. The standard InChI is InChI=1S/C10H23N3S.HI/c1-5-6-7-12-10(11-3)13-8-9(2)14-4;/h9H,5-8H2,1-4H3,(H2,11,12,13);1H. The molecule has 0 aliphatic carbocycles. The first-order chi connectivity index (χ1) is 6.74. The Morgan fingerprint density at radius 1 is 1.40 bits per heavy atom. The number of aliphatic imine (C=N–C) groups is 1. The van der Waals surface area contributed by atoms with Gasteiger partial charge in [0.15, 0.2) is 5.96 Å². The lowest BCUT2D eigenvalue weighted by atomic mass is 10.3. The third-order valence-electron chi connectivity index (χ3n) is 2.01. The molecule has 0 aliphatic heterocycles. The minimum absolute atomic E-state index is 0. The second-order valence-corrected chi connectivity index (χ2v) is 4.56. The molecule has 0 heterocycles. The fraction of sp³-hybridized carbons (Fsp3) is 0.900. The molecule has 0 saturated heterocycles. The predicted molar refractivity (Wildman–Crippen MR) is 82.7 cm³/mol. The van der Waals surface area contributed by atoms with Gasteiger partial charge in [0.2, 0.25) is 0 Å². The van der Waals surface area contributed by atoms with E-state index < -0.39 is 0 Å². The first kappa shape index (κ1) is 17.7. The van der Waals surface area contributed by atoms with Crippen molar-refractivity contribution in [3.05, 3.63) is 0 Å². The molecule has 0 amide bonds. The summed E-state index contributed by atoms with van der Waals surface area (Å²) in [6.07, 6.45) is 4.53. The number of thioether (sulfide) groups is 1. The van der Waals surface area contributed by atoms with Crippen LogP contribution in [0.1, 0.15) is 26.7 Å². The predicted octanol–water partition coefficient (Wildman–Crippen LogP) is 2.32. The summed E-state index contributed by atoms with van der Waals surface area (Å²) in [6.45, 7) is 6.36. The van der Waals surface area contributed by atoms with E-state index in [1.807, 2.05) is 18.8 Å². The third-order valence-corrected chi connectivity index (χ3v) is 2.98. The molecule has 0 rings (SSSR count). The van der Waals surface area contributed by atoms with Crippen molar-refractivity contribution in [1.29, 1.82) is 0 Å². The zero-order chi connectivity index (χ0) is 10.8. The fourth-order valence-electron chi connectivity index (χ4n) is 0.928. The Bertz CT molecular complexity index is 165. The van der Waals surface area contributed by atoms with Gasteiger partial charge in [-0.2, -0.15) is 11.8 Å². The van der Waals surface area contributed by atoms with Crippen molar-refractivity contribution in [3.63, 3.8) is 0 Å². The number of guanidine groups is 1. The molecule has 0 saturated carbocycles. The van der Waals surface area contributed by atoms with E-state index in [0.29, 0.717) is 5.25 Å². The van der Waals surface area contributed by atoms with Gasteiger partial charge in [-0.3, -0.25) is 4.99 Å². The van der Waals surface area contributed by atoms with E-state index in [-0.39, 0.29) is 24.0 Å². The van der Waals surface area contributed by atoms with Crippen molar-refractivity contribution in [2.45, 2.75) is 31.9 Å². The molecule has 0 aromatic rings. The van der Waals surface area contributed by atoms with Gasteiger partial charge in [-0.05, 0) is 12.7 Å². The molecule has 0 radical (unpaired) electrons. The number of hydrogen-bond acceptors (Lipinski definition) is 2. The quantitative estimate of drug-likeness (QED) is 0.336. The van der Waals surface area contributed by atoms with E-state index in [0.717, 1.165) is 19.0 Å².